The van der Waals surface area contributed by atoms with E-state index in [9.17, 15) is 9.90 Å². The Morgan fingerprint density at radius 2 is 1.45 bits per heavy atom. The molecule has 0 amide bonds. The molecule has 0 aliphatic rings. The normalized spacial score (nSPS) is 11.8. The van der Waals surface area contributed by atoms with Crippen LogP contribution in [0.4, 0.5) is 0 Å². The first-order chi connectivity index (χ1) is 14.9. The van der Waals surface area contributed by atoms with Crippen molar-refractivity contribution in [2.75, 3.05) is 0 Å². The van der Waals surface area contributed by atoms with E-state index in [1.807, 2.05) is 66.7 Å². The Morgan fingerprint density at radius 1 is 0.903 bits per heavy atom. The second-order valence-corrected chi connectivity index (χ2v) is 13.2. The number of benzene rings is 2. The molecule has 0 saturated carbocycles. The molecule has 0 atom stereocenters. The van der Waals surface area contributed by atoms with Crippen molar-refractivity contribution in [2.45, 2.75) is 51.8 Å². The Balaban J connectivity index is 1.99. The molecule has 1 heterocycles. The molecule has 3 rings (SSSR count). The number of pyridine rings is 1. The van der Waals surface area contributed by atoms with Gasteiger partial charge in [-0.15, -0.1) is 0 Å². The van der Waals surface area contributed by atoms with Crippen molar-refractivity contribution in [2.24, 2.45) is 0 Å². The number of rotatable bonds is 9. The second kappa shape index (κ2) is 10.0. The number of aromatic hydroxyl groups is 1. The molecule has 1 N–H and O–H groups in total. The largest absolute Gasteiger partial charge is 0.506 e. The van der Waals surface area contributed by atoms with Crippen molar-refractivity contribution in [3.8, 4) is 5.75 Å². The highest BCUT2D eigenvalue weighted by Crippen LogP contribution is 2.36. The second-order valence-electron chi connectivity index (χ2n) is 8.52. The third-order valence-electron chi connectivity index (χ3n) is 5.85. The van der Waals surface area contributed by atoms with Gasteiger partial charge in [-0.1, -0.05) is 88.4 Å². The third kappa shape index (κ3) is 4.94. The summed E-state index contributed by atoms with van der Waals surface area (Å²) in [4.78, 5) is 17.2. The molecule has 2 aromatic carbocycles. The zero-order chi connectivity index (χ0) is 22.4. The Hall–Kier alpha value is -2.76. The van der Waals surface area contributed by atoms with Crippen LogP contribution in [0.15, 0.2) is 72.9 Å². The lowest BCUT2D eigenvalue weighted by Gasteiger charge is -2.39. The van der Waals surface area contributed by atoms with Crippen LogP contribution in [0.5, 0.6) is 5.75 Å². The number of ketones is 1. The zero-order valence-electron chi connectivity index (χ0n) is 18.7. The number of Topliss-reactive ketones (excluding diaryl/α,β-unsaturated/α-hetero) is 1. The highest BCUT2D eigenvalue weighted by molar-refractivity contribution is 6.89. The number of hydrogen-bond acceptors (Lipinski definition) is 4. The summed E-state index contributed by atoms with van der Waals surface area (Å²) in [7, 11) is -2.67. The number of carbonyl (C=O) groups excluding carboxylic acids is 1. The maximum atomic E-state index is 13.0. The van der Waals surface area contributed by atoms with Gasteiger partial charge >= 0.3 is 0 Å². The molecule has 5 heteroatoms. The lowest BCUT2D eigenvalue weighted by Crippen LogP contribution is -2.56. The minimum Gasteiger partial charge on any atom is -0.506 e. The van der Waals surface area contributed by atoms with Crippen LogP contribution < -0.4 is 5.19 Å². The number of carbonyl (C=O) groups is 1. The average Bonchev–Trinajstić information content (AvgIpc) is 2.76. The fraction of sp³-hybridized carbons (Fsp3) is 0.308. The molecule has 0 unspecified atom stereocenters. The van der Waals surface area contributed by atoms with Gasteiger partial charge in [0, 0.05) is 17.8 Å². The quantitative estimate of drug-likeness (QED) is 0.362. The molecule has 0 aliphatic heterocycles. The Labute approximate surface area is 186 Å². The standard InChI is InChI=1S/C26H31NO3Si/c1-19(2)31(20(3)4,30-18-22-13-9-6-10-14-22)24-15-16-27-25(26(24)29)23(28)17-21-11-7-5-8-12-21/h5-16,19-20,29H,17-18H2,1-4H3. The van der Waals surface area contributed by atoms with E-state index in [0.717, 1.165) is 16.3 Å². The van der Waals surface area contributed by atoms with Gasteiger partial charge in [0.05, 0.1) is 6.61 Å². The lowest BCUT2D eigenvalue weighted by molar-refractivity contribution is 0.0985. The average molecular weight is 434 g/mol. The van der Waals surface area contributed by atoms with E-state index < -0.39 is 8.32 Å². The van der Waals surface area contributed by atoms with Gasteiger partial charge in [-0.2, -0.15) is 0 Å². The molecule has 0 spiro atoms. The minimum absolute atomic E-state index is 0.0226. The Morgan fingerprint density at radius 3 is 2.00 bits per heavy atom. The number of hydrogen-bond donors (Lipinski definition) is 1. The van der Waals surface area contributed by atoms with Gasteiger partial charge in [-0.05, 0) is 28.3 Å². The van der Waals surface area contributed by atoms with Crippen molar-refractivity contribution < 1.29 is 14.3 Å². The molecule has 4 nitrogen and oxygen atoms in total. The summed E-state index contributed by atoms with van der Waals surface area (Å²) in [6, 6.07) is 21.4. The summed E-state index contributed by atoms with van der Waals surface area (Å²) < 4.78 is 6.70. The number of nitrogens with zero attached hydrogens (tertiary/aromatic N) is 1. The van der Waals surface area contributed by atoms with Gasteiger partial charge < -0.3 is 9.53 Å². The fourth-order valence-electron chi connectivity index (χ4n) is 4.32. The number of aromatic nitrogens is 1. The van der Waals surface area contributed by atoms with Gasteiger partial charge in [-0.3, -0.25) is 4.79 Å². The molecule has 0 bridgehead atoms. The summed E-state index contributed by atoms with van der Waals surface area (Å²) in [6.45, 7) is 9.04. The van der Waals surface area contributed by atoms with E-state index in [2.05, 4.69) is 32.7 Å². The molecule has 0 fully saturated rings. The molecule has 31 heavy (non-hydrogen) atoms. The molecule has 3 aromatic rings. The van der Waals surface area contributed by atoms with Crippen LogP contribution >= 0.6 is 0 Å². The van der Waals surface area contributed by atoms with E-state index in [0.29, 0.717) is 6.61 Å². The van der Waals surface area contributed by atoms with Gasteiger partial charge in [0.25, 0.3) is 0 Å². The molecular formula is C26H31NO3Si. The van der Waals surface area contributed by atoms with E-state index in [4.69, 9.17) is 4.43 Å². The van der Waals surface area contributed by atoms with Crippen LogP contribution in [0.25, 0.3) is 0 Å². The first kappa shape index (κ1) is 22.9. The fourth-order valence-corrected chi connectivity index (χ4v) is 8.94. The molecule has 162 valence electrons. The van der Waals surface area contributed by atoms with E-state index in [1.54, 1.807) is 6.20 Å². The van der Waals surface area contributed by atoms with Crippen molar-refractivity contribution >= 4 is 19.3 Å². The van der Waals surface area contributed by atoms with E-state index >= 15 is 0 Å². The van der Waals surface area contributed by atoms with Gasteiger partial charge in [0.15, 0.2) is 5.78 Å². The van der Waals surface area contributed by atoms with Crippen molar-refractivity contribution in [1.82, 2.24) is 4.98 Å². The maximum Gasteiger partial charge on any atom is 0.233 e. The van der Waals surface area contributed by atoms with Crippen molar-refractivity contribution in [3.05, 3.63) is 89.7 Å². The predicted octanol–water partition coefficient (Wildman–Crippen LogP) is 5.40. The summed E-state index contributed by atoms with van der Waals surface area (Å²) >= 11 is 0. The zero-order valence-corrected chi connectivity index (χ0v) is 19.7. The van der Waals surface area contributed by atoms with Gasteiger partial charge in [0.1, 0.15) is 11.4 Å². The molecule has 0 radical (unpaired) electrons. The Bertz CT molecular complexity index is 996. The van der Waals surface area contributed by atoms with E-state index in [-0.39, 0.29) is 34.7 Å². The Kier molecular flexibility index (Phi) is 7.41. The topological polar surface area (TPSA) is 59.4 Å². The highest BCUT2D eigenvalue weighted by atomic mass is 28.4. The summed E-state index contributed by atoms with van der Waals surface area (Å²) in [6.07, 6.45) is 1.83. The van der Waals surface area contributed by atoms with Crippen LogP contribution in [0.2, 0.25) is 11.1 Å². The van der Waals surface area contributed by atoms with Gasteiger partial charge in [-0.25, -0.2) is 4.98 Å². The van der Waals surface area contributed by atoms with Crippen LogP contribution in [0.1, 0.15) is 49.3 Å². The third-order valence-corrected chi connectivity index (χ3v) is 11.2. The van der Waals surface area contributed by atoms with E-state index in [1.165, 1.54) is 0 Å². The molecule has 0 aliphatic carbocycles. The minimum atomic E-state index is -2.67. The molecule has 0 saturated heterocycles. The van der Waals surface area contributed by atoms with Gasteiger partial charge in [0.2, 0.25) is 8.32 Å². The molecular weight excluding hydrogens is 402 g/mol. The lowest BCUT2D eigenvalue weighted by atomic mass is 10.1. The SMILES string of the molecule is CC(C)[Si](OCc1ccccc1)(c1ccnc(C(=O)Cc2ccccc2)c1O)C(C)C. The van der Waals surface area contributed by atoms with Crippen molar-refractivity contribution in [1.29, 1.82) is 0 Å². The first-order valence-corrected chi connectivity index (χ1v) is 12.9. The van der Waals surface area contributed by atoms with Crippen LogP contribution in [-0.4, -0.2) is 24.2 Å². The summed E-state index contributed by atoms with van der Waals surface area (Å²) in [5.74, 6) is -0.213. The van der Waals surface area contributed by atoms with Crippen molar-refractivity contribution in [3.63, 3.8) is 0 Å². The van der Waals surface area contributed by atoms with Crippen LogP contribution in [0, 0.1) is 0 Å². The predicted molar refractivity (Wildman–Crippen MR) is 127 cm³/mol. The summed E-state index contributed by atoms with van der Waals surface area (Å²) in [5.41, 5.74) is 2.51. The monoisotopic (exact) mass is 433 g/mol. The highest BCUT2D eigenvalue weighted by Gasteiger charge is 2.46. The van der Waals surface area contributed by atoms with Crippen LogP contribution in [0.3, 0.4) is 0 Å². The van der Waals surface area contributed by atoms with Crippen LogP contribution in [-0.2, 0) is 17.5 Å². The first-order valence-electron chi connectivity index (χ1n) is 10.8. The maximum absolute atomic E-state index is 13.0. The molecule has 1 aromatic heterocycles. The summed E-state index contributed by atoms with van der Waals surface area (Å²) in [5, 5.41) is 12.0. The smallest absolute Gasteiger partial charge is 0.233 e.